The van der Waals surface area contributed by atoms with Crippen molar-refractivity contribution >= 4 is 17.2 Å². The highest BCUT2D eigenvalue weighted by Gasteiger charge is 2.27. The first-order valence-electron chi connectivity index (χ1n) is 10.7. The Bertz CT molecular complexity index is 811. The van der Waals surface area contributed by atoms with Gasteiger partial charge in [0.05, 0.1) is 5.56 Å². The number of anilines is 1. The van der Waals surface area contributed by atoms with Crippen molar-refractivity contribution in [3.63, 3.8) is 0 Å². The van der Waals surface area contributed by atoms with Gasteiger partial charge in [0.25, 0.3) is 5.91 Å². The molecule has 0 radical (unpaired) electrons. The summed E-state index contributed by atoms with van der Waals surface area (Å²) in [4.78, 5) is 17.7. The highest BCUT2D eigenvalue weighted by Crippen LogP contribution is 2.30. The minimum atomic E-state index is 0.0673. The third-order valence-corrected chi connectivity index (χ3v) is 6.49. The quantitative estimate of drug-likeness (QED) is 0.884. The first-order chi connectivity index (χ1) is 13.3. The van der Waals surface area contributed by atoms with E-state index in [0.29, 0.717) is 6.04 Å². The summed E-state index contributed by atoms with van der Waals surface area (Å²) in [5.41, 5.74) is 1.92. The first kappa shape index (κ1) is 17.1. The van der Waals surface area contributed by atoms with Gasteiger partial charge in [0, 0.05) is 50.5 Å². The van der Waals surface area contributed by atoms with E-state index < -0.39 is 0 Å². The summed E-state index contributed by atoms with van der Waals surface area (Å²) in [6.45, 7) is 5.71. The van der Waals surface area contributed by atoms with Gasteiger partial charge in [-0.05, 0) is 55.9 Å². The van der Waals surface area contributed by atoms with E-state index in [1.165, 1.54) is 38.0 Å². The lowest BCUT2D eigenvalue weighted by atomic mass is 10.2. The van der Waals surface area contributed by atoms with E-state index in [2.05, 4.69) is 37.7 Å². The number of hydrogen-bond acceptors (Lipinski definition) is 3. The van der Waals surface area contributed by atoms with Gasteiger partial charge in [0.15, 0.2) is 0 Å². The zero-order valence-corrected chi connectivity index (χ0v) is 16.1. The molecule has 2 aliphatic carbocycles. The van der Waals surface area contributed by atoms with Crippen LogP contribution in [0, 0.1) is 5.92 Å². The molecule has 1 aliphatic heterocycles. The van der Waals surface area contributed by atoms with Gasteiger partial charge in [0.1, 0.15) is 5.82 Å². The van der Waals surface area contributed by atoms with Crippen molar-refractivity contribution in [1.29, 1.82) is 0 Å². The van der Waals surface area contributed by atoms with Crippen LogP contribution in [0.1, 0.15) is 48.9 Å². The highest BCUT2D eigenvalue weighted by molar-refractivity contribution is 5.94. The molecule has 144 valence electrons. The number of hydrogen-bond donors (Lipinski definition) is 1. The van der Waals surface area contributed by atoms with E-state index in [9.17, 15) is 4.79 Å². The average Bonchev–Trinajstić information content (AvgIpc) is 3.18. The van der Waals surface area contributed by atoms with Crippen LogP contribution in [0.15, 0.2) is 30.5 Å². The van der Waals surface area contributed by atoms with E-state index in [1.54, 1.807) is 0 Å². The second-order valence-electron chi connectivity index (χ2n) is 8.59. The first-order valence-corrected chi connectivity index (χ1v) is 10.7. The smallest absolute Gasteiger partial charge is 0.252 e. The SMILES string of the molecule is O=C(NC1CCCC1)c1ccc2ccc(N3CCN(CC4CC4)CC3)n2c1. The summed E-state index contributed by atoms with van der Waals surface area (Å²) in [6.07, 6.45) is 9.58. The number of nitrogens with one attached hydrogen (secondary N) is 1. The molecule has 3 fully saturated rings. The maximum absolute atomic E-state index is 12.7. The van der Waals surface area contributed by atoms with Gasteiger partial charge >= 0.3 is 0 Å². The molecule has 1 amide bonds. The van der Waals surface area contributed by atoms with Gasteiger partial charge in [-0.25, -0.2) is 0 Å². The van der Waals surface area contributed by atoms with E-state index in [4.69, 9.17) is 0 Å². The molecule has 0 aromatic carbocycles. The number of piperazine rings is 1. The molecule has 0 bridgehead atoms. The van der Waals surface area contributed by atoms with Crippen LogP contribution in [0.5, 0.6) is 0 Å². The van der Waals surface area contributed by atoms with Crippen LogP contribution >= 0.6 is 0 Å². The van der Waals surface area contributed by atoms with Crippen LogP contribution in [0.4, 0.5) is 5.82 Å². The van der Waals surface area contributed by atoms with Crippen molar-refractivity contribution < 1.29 is 4.79 Å². The fourth-order valence-electron chi connectivity index (χ4n) is 4.64. The molecular weight excluding hydrogens is 336 g/mol. The second kappa shape index (κ2) is 7.19. The Morgan fingerprint density at radius 3 is 2.44 bits per heavy atom. The maximum atomic E-state index is 12.7. The minimum absolute atomic E-state index is 0.0673. The van der Waals surface area contributed by atoms with E-state index in [0.717, 1.165) is 56.0 Å². The molecule has 2 aromatic heterocycles. The van der Waals surface area contributed by atoms with Gasteiger partial charge in [-0.3, -0.25) is 9.69 Å². The number of amides is 1. The Labute approximate surface area is 161 Å². The molecule has 5 nitrogen and oxygen atoms in total. The van der Waals surface area contributed by atoms with Crippen molar-refractivity contribution in [2.24, 2.45) is 5.92 Å². The van der Waals surface area contributed by atoms with Crippen LogP contribution in [-0.2, 0) is 0 Å². The summed E-state index contributed by atoms with van der Waals surface area (Å²) in [6, 6.07) is 8.74. The molecule has 3 heterocycles. The number of pyridine rings is 1. The van der Waals surface area contributed by atoms with E-state index >= 15 is 0 Å². The van der Waals surface area contributed by atoms with Crippen LogP contribution in [0.3, 0.4) is 0 Å². The Balaban J connectivity index is 1.30. The Hall–Kier alpha value is -2.01. The van der Waals surface area contributed by atoms with Gasteiger partial charge < -0.3 is 14.6 Å². The average molecular weight is 367 g/mol. The normalized spacial score (nSPS) is 21.9. The summed E-state index contributed by atoms with van der Waals surface area (Å²) in [5, 5.41) is 3.21. The molecule has 1 saturated heterocycles. The monoisotopic (exact) mass is 366 g/mol. The van der Waals surface area contributed by atoms with E-state index in [-0.39, 0.29) is 5.91 Å². The number of carbonyl (C=O) groups is 1. The lowest BCUT2D eigenvalue weighted by Gasteiger charge is -2.35. The summed E-state index contributed by atoms with van der Waals surface area (Å²) in [7, 11) is 0. The fraction of sp³-hybridized carbons (Fsp3) is 0.591. The Morgan fingerprint density at radius 1 is 0.963 bits per heavy atom. The number of aromatic nitrogens is 1. The number of nitrogens with zero attached hydrogens (tertiary/aromatic N) is 3. The third-order valence-electron chi connectivity index (χ3n) is 6.49. The highest BCUT2D eigenvalue weighted by atomic mass is 16.1. The van der Waals surface area contributed by atoms with Crippen LogP contribution < -0.4 is 10.2 Å². The lowest BCUT2D eigenvalue weighted by molar-refractivity contribution is 0.0937. The lowest BCUT2D eigenvalue weighted by Crippen LogP contribution is -2.47. The van der Waals surface area contributed by atoms with Crippen molar-refractivity contribution in [2.75, 3.05) is 37.6 Å². The van der Waals surface area contributed by atoms with Crippen molar-refractivity contribution in [3.05, 3.63) is 36.0 Å². The van der Waals surface area contributed by atoms with Crippen molar-refractivity contribution in [3.8, 4) is 0 Å². The molecule has 0 spiro atoms. The summed E-state index contributed by atoms with van der Waals surface area (Å²) < 4.78 is 2.19. The molecule has 2 aromatic rings. The molecule has 2 saturated carbocycles. The topological polar surface area (TPSA) is 40.0 Å². The molecule has 0 atom stereocenters. The Kier molecular flexibility index (Phi) is 4.56. The van der Waals surface area contributed by atoms with Crippen LogP contribution in [-0.4, -0.2) is 54.0 Å². The van der Waals surface area contributed by atoms with Gasteiger partial charge in [-0.1, -0.05) is 12.8 Å². The van der Waals surface area contributed by atoms with Gasteiger partial charge in [0.2, 0.25) is 0 Å². The zero-order valence-electron chi connectivity index (χ0n) is 16.1. The molecule has 0 unspecified atom stereocenters. The van der Waals surface area contributed by atoms with Crippen molar-refractivity contribution in [2.45, 2.75) is 44.6 Å². The zero-order chi connectivity index (χ0) is 18.2. The second-order valence-corrected chi connectivity index (χ2v) is 8.59. The van der Waals surface area contributed by atoms with E-state index in [1.807, 2.05) is 12.3 Å². The predicted octanol–water partition coefficient (Wildman–Crippen LogP) is 3.14. The standard InChI is InChI=1S/C22H30N4O/c27-22(23-19-3-1-2-4-19)18-7-8-20-9-10-21(26(20)16-18)25-13-11-24(12-14-25)15-17-5-6-17/h7-10,16-17,19H,1-6,11-15H2,(H,23,27). The molecular formula is C22H30N4O. The Morgan fingerprint density at radius 2 is 1.70 bits per heavy atom. The molecule has 5 heteroatoms. The maximum Gasteiger partial charge on any atom is 0.252 e. The van der Waals surface area contributed by atoms with Crippen molar-refractivity contribution in [1.82, 2.24) is 14.6 Å². The summed E-state index contributed by atoms with van der Waals surface area (Å²) >= 11 is 0. The number of fused-ring (bicyclic) bond motifs is 1. The summed E-state index contributed by atoms with van der Waals surface area (Å²) in [5.74, 6) is 2.25. The van der Waals surface area contributed by atoms with Gasteiger partial charge in [-0.15, -0.1) is 0 Å². The molecule has 5 rings (SSSR count). The minimum Gasteiger partial charge on any atom is -0.355 e. The third kappa shape index (κ3) is 3.70. The molecule has 1 N–H and O–H groups in total. The fourth-order valence-corrected chi connectivity index (χ4v) is 4.64. The number of carbonyl (C=O) groups excluding carboxylic acids is 1. The van der Waals surface area contributed by atoms with Crippen LogP contribution in [0.2, 0.25) is 0 Å². The predicted molar refractivity (Wildman–Crippen MR) is 108 cm³/mol. The number of rotatable bonds is 5. The molecule has 27 heavy (non-hydrogen) atoms. The molecule has 3 aliphatic rings. The van der Waals surface area contributed by atoms with Gasteiger partial charge in [-0.2, -0.15) is 0 Å². The van der Waals surface area contributed by atoms with Crippen LogP contribution in [0.25, 0.3) is 5.52 Å². The largest absolute Gasteiger partial charge is 0.355 e.